The number of hydrogen-bond donors (Lipinski definition) is 0. The molecule has 0 unspecified atom stereocenters. The van der Waals surface area contributed by atoms with Gasteiger partial charge in [0.15, 0.2) is 23.7 Å². The number of fused-ring (bicyclic) bond motifs is 3. The van der Waals surface area contributed by atoms with Crippen molar-refractivity contribution >= 4 is 22.9 Å². The van der Waals surface area contributed by atoms with Crippen molar-refractivity contribution in [3.8, 4) is 11.4 Å². The Morgan fingerprint density at radius 3 is 2.69 bits per heavy atom. The molecule has 0 N–H and O–H groups in total. The van der Waals surface area contributed by atoms with E-state index in [0.29, 0.717) is 5.82 Å². The molecule has 0 bridgehead atoms. The highest BCUT2D eigenvalue weighted by Gasteiger charge is 2.19. The zero-order chi connectivity index (χ0) is 22.1. The molecule has 4 heterocycles. The van der Waals surface area contributed by atoms with Crippen LogP contribution in [0.3, 0.4) is 0 Å². The van der Waals surface area contributed by atoms with Crippen LogP contribution in [0.25, 0.3) is 22.4 Å². The van der Waals surface area contributed by atoms with Gasteiger partial charge in [-0.1, -0.05) is 5.16 Å². The van der Waals surface area contributed by atoms with Crippen molar-refractivity contribution in [2.75, 3.05) is 7.11 Å². The summed E-state index contributed by atoms with van der Waals surface area (Å²) in [5.41, 5.74) is 5.59. The van der Waals surface area contributed by atoms with Gasteiger partial charge in [0, 0.05) is 11.9 Å². The van der Waals surface area contributed by atoms with E-state index in [0.717, 1.165) is 44.9 Å². The van der Waals surface area contributed by atoms with Crippen LogP contribution in [0, 0.1) is 13.8 Å². The maximum absolute atomic E-state index is 5.42. The molecular formula is C23H21N7O2. The average Bonchev–Trinajstić information content (AvgIpc) is 3.36. The molecule has 1 aromatic carbocycles. The van der Waals surface area contributed by atoms with Gasteiger partial charge in [-0.25, -0.2) is 14.5 Å². The van der Waals surface area contributed by atoms with E-state index in [1.165, 1.54) is 0 Å². The van der Waals surface area contributed by atoms with Crippen molar-refractivity contribution in [1.29, 1.82) is 0 Å². The predicted molar refractivity (Wildman–Crippen MR) is 120 cm³/mol. The lowest BCUT2D eigenvalue weighted by atomic mass is 10.2. The van der Waals surface area contributed by atoms with E-state index in [1.54, 1.807) is 30.4 Å². The molecule has 0 aliphatic heterocycles. The Balaban J connectivity index is 1.42. The zero-order valence-electron chi connectivity index (χ0n) is 17.9. The van der Waals surface area contributed by atoms with E-state index >= 15 is 0 Å². The number of pyridine rings is 1. The Morgan fingerprint density at radius 1 is 1.09 bits per heavy atom. The first kappa shape index (κ1) is 19.7. The van der Waals surface area contributed by atoms with Crippen LogP contribution in [0.1, 0.15) is 22.6 Å². The van der Waals surface area contributed by atoms with Crippen molar-refractivity contribution in [2.45, 2.75) is 20.5 Å². The van der Waals surface area contributed by atoms with Crippen molar-refractivity contribution in [2.24, 2.45) is 5.16 Å². The van der Waals surface area contributed by atoms with E-state index in [4.69, 9.17) is 9.57 Å². The highest BCUT2D eigenvalue weighted by Crippen LogP contribution is 2.29. The Kier molecular flexibility index (Phi) is 4.98. The number of methoxy groups -OCH3 is 1. The van der Waals surface area contributed by atoms with E-state index in [-0.39, 0.29) is 6.61 Å². The van der Waals surface area contributed by atoms with E-state index < -0.39 is 0 Å². The normalized spacial score (nSPS) is 11.6. The molecule has 0 spiro atoms. The second-order valence-corrected chi connectivity index (χ2v) is 7.28. The molecule has 9 heteroatoms. The van der Waals surface area contributed by atoms with Crippen LogP contribution < -0.4 is 4.74 Å². The molecule has 4 aromatic heterocycles. The molecule has 32 heavy (non-hydrogen) atoms. The minimum absolute atomic E-state index is 0.150. The Bertz CT molecular complexity index is 1420. The summed E-state index contributed by atoms with van der Waals surface area (Å²) in [5.74, 6) is 1.32. The summed E-state index contributed by atoms with van der Waals surface area (Å²) < 4.78 is 8.91. The third-order valence-electron chi connectivity index (χ3n) is 5.37. The van der Waals surface area contributed by atoms with E-state index in [1.807, 2.05) is 42.6 Å². The Hall–Kier alpha value is -4.27. The van der Waals surface area contributed by atoms with Crippen LogP contribution in [0.5, 0.6) is 5.75 Å². The molecule has 0 amide bonds. The summed E-state index contributed by atoms with van der Waals surface area (Å²) in [6.07, 6.45) is 6.88. The van der Waals surface area contributed by atoms with Gasteiger partial charge in [0.2, 0.25) is 0 Å². The lowest BCUT2D eigenvalue weighted by Crippen LogP contribution is -1.99. The lowest BCUT2D eigenvalue weighted by molar-refractivity contribution is 0.126. The van der Waals surface area contributed by atoms with Gasteiger partial charge in [0.1, 0.15) is 12.1 Å². The number of oxime groups is 1. The van der Waals surface area contributed by atoms with Gasteiger partial charge in [-0.2, -0.15) is 0 Å². The van der Waals surface area contributed by atoms with Crippen molar-refractivity contribution in [3.05, 3.63) is 77.8 Å². The Morgan fingerprint density at radius 2 is 1.94 bits per heavy atom. The Labute approximate surface area is 184 Å². The zero-order valence-corrected chi connectivity index (χ0v) is 17.9. The predicted octanol–water partition coefficient (Wildman–Crippen LogP) is 3.64. The molecule has 5 aromatic rings. The smallest absolute Gasteiger partial charge is 0.192 e. The van der Waals surface area contributed by atoms with Crippen LogP contribution in [0.2, 0.25) is 0 Å². The first-order valence-corrected chi connectivity index (χ1v) is 10.1. The molecule has 160 valence electrons. The summed E-state index contributed by atoms with van der Waals surface area (Å²) in [4.78, 5) is 19.0. The average molecular weight is 427 g/mol. The maximum Gasteiger partial charge on any atom is 0.192 e. The molecule has 0 aliphatic rings. The van der Waals surface area contributed by atoms with Gasteiger partial charge >= 0.3 is 0 Å². The van der Waals surface area contributed by atoms with E-state index in [9.17, 15) is 0 Å². The second kappa shape index (κ2) is 8.10. The SMILES string of the molecule is COc1ccc(/C=N/OCc2nc3c4c(C)c(C)n(-c5cccnc5)c4ncn3n2)cc1. The highest BCUT2D eigenvalue weighted by atomic mass is 16.6. The molecule has 0 saturated carbocycles. The quantitative estimate of drug-likeness (QED) is 0.303. The summed E-state index contributed by atoms with van der Waals surface area (Å²) in [6.45, 7) is 4.28. The first-order chi connectivity index (χ1) is 15.7. The fourth-order valence-electron chi connectivity index (χ4n) is 3.65. The third-order valence-corrected chi connectivity index (χ3v) is 5.37. The third kappa shape index (κ3) is 3.43. The number of hydrogen-bond acceptors (Lipinski definition) is 7. The lowest BCUT2D eigenvalue weighted by Gasteiger charge is -2.06. The van der Waals surface area contributed by atoms with Crippen LogP contribution in [-0.4, -0.2) is 42.5 Å². The number of aryl methyl sites for hydroxylation is 1. The summed E-state index contributed by atoms with van der Waals surface area (Å²) in [5, 5.41) is 9.46. The molecule has 5 rings (SSSR count). The van der Waals surface area contributed by atoms with Gasteiger partial charge in [-0.3, -0.25) is 9.55 Å². The second-order valence-electron chi connectivity index (χ2n) is 7.28. The maximum atomic E-state index is 5.42. The molecule has 9 nitrogen and oxygen atoms in total. The van der Waals surface area contributed by atoms with E-state index in [2.05, 4.69) is 43.6 Å². The number of rotatable bonds is 6. The first-order valence-electron chi connectivity index (χ1n) is 10.1. The summed E-state index contributed by atoms with van der Waals surface area (Å²) in [7, 11) is 1.63. The summed E-state index contributed by atoms with van der Waals surface area (Å²) in [6, 6.07) is 11.4. The van der Waals surface area contributed by atoms with Gasteiger partial charge in [-0.15, -0.1) is 5.10 Å². The van der Waals surface area contributed by atoms with Crippen molar-refractivity contribution in [3.63, 3.8) is 0 Å². The van der Waals surface area contributed by atoms with Crippen LogP contribution >= 0.6 is 0 Å². The number of aromatic nitrogens is 6. The minimum atomic E-state index is 0.150. The topological polar surface area (TPSA) is 91.7 Å². The van der Waals surface area contributed by atoms with Crippen LogP contribution in [0.4, 0.5) is 0 Å². The monoisotopic (exact) mass is 427 g/mol. The molecule has 0 fully saturated rings. The van der Waals surface area contributed by atoms with Gasteiger partial charge < -0.3 is 9.57 Å². The van der Waals surface area contributed by atoms with Gasteiger partial charge in [0.05, 0.1) is 30.6 Å². The molecule has 0 aliphatic carbocycles. The largest absolute Gasteiger partial charge is 0.497 e. The van der Waals surface area contributed by atoms with Crippen molar-refractivity contribution in [1.82, 2.24) is 29.1 Å². The molecule has 0 saturated heterocycles. The van der Waals surface area contributed by atoms with Gasteiger partial charge in [-0.05, 0) is 61.4 Å². The highest BCUT2D eigenvalue weighted by molar-refractivity contribution is 5.94. The number of nitrogens with zero attached hydrogens (tertiary/aromatic N) is 7. The minimum Gasteiger partial charge on any atom is -0.497 e. The van der Waals surface area contributed by atoms with Crippen LogP contribution in [0.15, 0.2) is 60.3 Å². The van der Waals surface area contributed by atoms with Crippen LogP contribution in [-0.2, 0) is 11.4 Å². The van der Waals surface area contributed by atoms with Gasteiger partial charge in [0.25, 0.3) is 0 Å². The molecule has 0 radical (unpaired) electrons. The number of ether oxygens (including phenoxy) is 1. The number of benzene rings is 1. The fraction of sp³-hybridized carbons (Fsp3) is 0.174. The standard InChI is InChI=1S/C23H21N7O2/c1-15-16(2)30(18-5-4-10-24-12-18)22-21(15)23-27-20(28-29(23)14-25-22)13-32-26-11-17-6-8-19(31-3)9-7-17/h4-12,14H,13H2,1-3H3/b26-11+. The summed E-state index contributed by atoms with van der Waals surface area (Å²) >= 11 is 0. The van der Waals surface area contributed by atoms with Crippen molar-refractivity contribution < 1.29 is 9.57 Å². The fourth-order valence-corrected chi connectivity index (χ4v) is 3.65. The molecular weight excluding hydrogens is 406 g/mol. The molecule has 0 atom stereocenters.